The van der Waals surface area contributed by atoms with E-state index in [0.717, 1.165) is 6.08 Å². The highest BCUT2D eigenvalue weighted by Gasteiger charge is 2.42. The van der Waals surface area contributed by atoms with Gasteiger partial charge in [0.1, 0.15) is 5.75 Å². The summed E-state index contributed by atoms with van der Waals surface area (Å²) in [6.45, 7) is 4.94. The zero-order valence-electron chi connectivity index (χ0n) is 12.5. The molecule has 0 radical (unpaired) electrons. The van der Waals surface area contributed by atoms with Gasteiger partial charge in [-0.15, -0.1) is 0 Å². The van der Waals surface area contributed by atoms with Crippen LogP contribution in [0.1, 0.15) is 10.4 Å². The number of rotatable bonds is 4. The largest absolute Gasteiger partial charge is 0.506 e. The molecule has 7 nitrogen and oxygen atoms in total. The molecule has 0 bridgehead atoms. The molecular formula is C16H18N2O5. The van der Waals surface area contributed by atoms with Gasteiger partial charge in [-0.1, -0.05) is 6.58 Å². The lowest BCUT2D eigenvalue weighted by atomic mass is 10.00. The number of carbonyl (C=O) groups excluding carboxylic acids is 2. The first-order chi connectivity index (χ1) is 11.1. The maximum Gasteiger partial charge on any atom is 0.251 e. The Morgan fingerprint density at radius 2 is 2.13 bits per heavy atom. The van der Waals surface area contributed by atoms with Gasteiger partial charge in [-0.05, 0) is 24.3 Å². The summed E-state index contributed by atoms with van der Waals surface area (Å²) in [5.41, 5.74) is 0.497. The molecule has 0 aliphatic carbocycles. The summed E-state index contributed by atoms with van der Waals surface area (Å²) in [6.07, 6.45) is 1.13. The summed E-state index contributed by atoms with van der Waals surface area (Å²) >= 11 is 0. The van der Waals surface area contributed by atoms with E-state index in [1.54, 1.807) is 0 Å². The Morgan fingerprint density at radius 3 is 2.91 bits per heavy atom. The van der Waals surface area contributed by atoms with E-state index in [1.807, 2.05) is 0 Å². The van der Waals surface area contributed by atoms with Gasteiger partial charge < -0.3 is 25.2 Å². The van der Waals surface area contributed by atoms with E-state index in [2.05, 4.69) is 17.2 Å². The van der Waals surface area contributed by atoms with E-state index in [1.165, 1.54) is 18.2 Å². The van der Waals surface area contributed by atoms with Crippen LogP contribution in [0.5, 0.6) is 5.75 Å². The number of benzene rings is 1. The molecule has 1 aromatic rings. The Bertz CT molecular complexity index is 645. The molecule has 3 N–H and O–H groups in total. The van der Waals surface area contributed by atoms with Gasteiger partial charge in [0.2, 0.25) is 5.91 Å². The number of amides is 2. The van der Waals surface area contributed by atoms with Gasteiger partial charge in [0.05, 0.1) is 37.7 Å². The Hall–Kier alpha value is -2.38. The summed E-state index contributed by atoms with van der Waals surface area (Å²) in [5, 5.41) is 15.1. The van der Waals surface area contributed by atoms with Crippen molar-refractivity contribution in [2.24, 2.45) is 5.92 Å². The molecule has 0 saturated carbocycles. The summed E-state index contributed by atoms with van der Waals surface area (Å²) in [5.74, 6) is -0.713. The van der Waals surface area contributed by atoms with Crippen LogP contribution >= 0.6 is 0 Å². The van der Waals surface area contributed by atoms with Gasteiger partial charge in [-0.3, -0.25) is 9.59 Å². The van der Waals surface area contributed by atoms with E-state index < -0.39 is 5.91 Å². The van der Waals surface area contributed by atoms with Gasteiger partial charge in [-0.25, -0.2) is 0 Å². The van der Waals surface area contributed by atoms with Gasteiger partial charge in [0.15, 0.2) is 0 Å². The number of phenols is 1. The van der Waals surface area contributed by atoms with Crippen molar-refractivity contribution in [3.05, 3.63) is 36.4 Å². The van der Waals surface area contributed by atoms with Gasteiger partial charge in [-0.2, -0.15) is 0 Å². The second kappa shape index (κ2) is 6.39. The van der Waals surface area contributed by atoms with E-state index in [4.69, 9.17) is 9.47 Å². The van der Waals surface area contributed by atoms with Crippen molar-refractivity contribution in [1.29, 1.82) is 0 Å². The average molecular weight is 318 g/mol. The highest BCUT2D eigenvalue weighted by atomic mass is 16.6. The zero-order valence-corrected chi connectivity index (χ0v) is 12.5. The molecule has 2 aliphatic heterocycles. The van der Waals surface area contributed by atoms with Crippen molar-refractivity contribution in [2.75, 3.05) is 25.1 Å². The molecule has 3 rings (SSSR count). The van der Waals surface area contributed by atoms with Crippen molar-refractivity contribution in [2.45, 2.75) is 12.1 Å². The van der Waals surface area contributed by atoms with Crippen LogP contribution in [-0.2, 0) is 14.3 Å². The van der Waals surface area contributed by atoms with Gasteiger partial charge in [0, 0.05) is 11.5 Å². The predicted molar refractivity (Wildman–Crippen MR) is 82.2 cm³/mol. The zero-order chi connectivity index (χ0) is 16.4. The lowest BCUT2D eigenvalue weighted by Crippen LogP contribution is -2.41. The molecule has 2 saturated heterocycles. The van der Waals surface area contributed by atoms with Crippen molar-refractivity contribution >= 4 is 17.5 Å². The number of ether oxygens (including phenoxy) is 2. The Kier molecular flexibility index (Phi) is 4.31. The van der Waals surface area contributed by atoms with Gasteiger partial charge in [0.25, 0.3) is 5.91 Å². The summed E-state index contributed by atoms with van der Waals surface area (Å²) < 4.78 is 10.9. The summed E-state index contributed by atoms with van der Waals surface area (Å²) in [6, 6.07) is 4.17. The highest BCUT2D eigenvalue weighted by molar-refractivity contribution is 6.02. The maximum absolute atomic E-state index is 12.4. The lowest BCUT2D eigenvalue weighted by Gasteiger charge is -2.17. The summed E-state index contributed by atoms with van der Waals surface area (Å²) in [4.78, 5) is 23.7. The number of nitrogens with one attached hydrogen (secondary N) is 2. The third-order valence-electron chi connectivity index (χ3n) is 4.10. The van der Waals surface area contributed by atoms with Crippen LogP contribution in [0.4, 0.5) is 5.69 Å². The number of hydrogen-bond acceptors (Lipinski definition) is 5. The minimum atomic E-state index is -0.465. The van der Waals surface area contributed by atoms with Crippen LogP contribution in [0.25, 0.3) is 0 Å². The van der Waals surface area contributed by atoms with Crippen molar-refractivity contribution in [3.8, 4) is 5.75 Å². The van der Waals surface area contributed by atoms with Crippen LogP contribution < -0.4 is 10.6 Å². The van der Waals surface area contributed by atoms with Gasteiger partial charge >= 0.3 is 0 Å². The van der Waals surface area contributed by atoms with Crippen LogP contribution in [0.3, 0.4) is 0 Å². The van der Waals surface area contributed by atoms with E-state index >= 15 is 0 Å². The predicted octanol–water partition coefficient (Wildman–Crippen LogP) is 0.660. The molecule has 0 spiro atoms. The minimum absolute atomic E-state index is 0.0440. The first-order valence-electron chi connectivity index (χ1n) is 7.35. The standard InChI is InChI=1S/C16H18N2O5/c1-2-15(20)17-11-5-9(3-4-13(11)19)16(21)18-12-7-23-14-8-22-6-10(12)14/h2-5,10,12,14,19H,1,6-8H2,(H,17,20)(H,18,21)/t10-,12+,14-/m0/s1. The van der Waals surface area contributed by atoms with Crippen molar-refractivity contribution < 1.29 is 24.2 Å². The fourth-order valence-electron chi connectivity index (χ4n) is 2.81. The lowest BCUT2D eigenvalue weighted by molar-refractivity contribution is -0.111. The van der Waals surface area contributed by atoms with Crippen LogP contribution in [0.2, 0.25) is 0 Å². The smallest absolute Gasteiger partial charge is 0.251 e. The third-order valence-corrected chi connectivity index (χ3v) is 4.10. The minimum Gasteiger partial charge on any atom is -0.506 e. The van der Waals surface area contributed by atoms with Crippen LogP contribution in [0.15, 0.2) is 30.9 Å². The molecule has 2 fully saturated rings. The fraction of sp³-hybridized carbons (Fsp3) is 0.375. The highest BCUT2D eigenvalue weighted by Crippen LogP contribution is 2.28. The molecule has 122 valence electrons. The Labute approximate surface area is 133 Å². The average Bonchev–Trinajstić information content (AvgIpc) is 3.14. The first kappa shape index (κ1) is 15.5. The second-order valence-electron chi connectivity index (χ2n) is 5.58. The molecule has 0 aromatic heterocycles. The number of hydrogen-bond donors (Lipinski definition) is 3. The number of fused-ring (bicyclic) bond motifs is 1. The quantitative estimate of drug-likeness (QED) is 0.560. The van der Waals surface area contributed by atoms with Crippen molar-refractivity contribution in [1.82, 2.24) is 5.32 Å². The number of phenolic OH excluding ortho intramolecular Hbond substituents is 1. The fourth-order valence-corrected chi connectivity index (χ4v) is 2.81. The molecule has 0 unspecified atom stereocenters. The monoisotopic (exact) mass is 318 g/mol. The number of anilines is 1. The van der Waals surface area contributed by atoms with Crippen LogP contribution in [-0.4, -0.2) is 48.9 Å². The van der Waals surface area contributed by atoms with Crippen LogP contribution in [0, 0.1) is 5.92 Å². The third kappa shape index (κ3) is 3.20. The molecule has 3 atom stereocenters. The van der Waals surface area contributed by atoms with Crippen molar-refractivity contribution in [3.63, 3.8) is 0 Å². The number of aromatic hydroxyl groups is 1. The summed E-state index contributed by atoms with van der Waals surface area (Å²) in [7, 11) is 0. The molecular weight excluding hydrogens is 300 g/mol. The van der Waals surface area contributed by atoms with E-state index in [-0.39, 0.29) is 35.4 Å². The molecule has 2 aliphatic rings. The molecule has 7 heteroatoms. The molecule has 1 aromatic carbocycles. The number of carbonyl (C=O) groups is 2. The maximum atomic E-state index is 12.4. The Morgan fingerprint density at radius 1 is 1.30 bits per heavy atom. The Balaban J connectivity index is 1.71. The first-order valence-corrected chi connectivity index (χ1v) is 7.35. The topological polar surface area (TPSA) is 96.9 Å². The van der Waals surface area contributed by atoms with E-state index in [0.29, 0.717) is 25.4 Å². The second-order valence-corrected chi connectivity index (χ2v) is 5.58. The molecule has 2 amide bonds. The molecule has 23 heavy (non-hydrogen) atoms. The SMILES string of the molecule is C=CC(=O)Nc1cc(C(=O)N[C@@H]2CO[C@H]3COC[C@H]32)ccc1O. The normalized spacial score (nSPS) is 25.7. The molecule has 2 heterocycles. The van der Waals surface area contributed by atoms with E-state index in [9.17, 15) is 14.7 Å².